The Hall–Kier alpha value is -3.36. The van der Waals surface area contributed by atoms with Gasteiger partial charge in [0.25, 0.3) is 5.91 Å². The third-order valence-corrected chi connectivity index (χ3v) is 6.35. The molecule has 0 aliphatic rings. The van der Waals surface area contributed by atoms with E-state index in [0.717, 1.165) is 5.69 Å². The zero-order valence-corrected chi connectivity index (χ0v) is 18.8. The highest BCUT2D eigenvalue weighted by atomic mass is 32.2. The Kier molecular flexibility index (Phi) is 7.86. The van der Waals surface area contributed by atoms with E-state index in [0.29, 0.717) is 30.0 Å². The molecule has 0 heterocycles. The minimum Gasteiger partial charge on any atom is -0.497 e. The summed E-state index contributed by atoms with van der Waals surface area (Å²) >= 11 is 0. The van der Waals surface area contributed by atoms with E-state index in [1.807, 2.05) is 30.3 Å². The molecule has 0 unspecified atom stereocenters. The maximum absolute atomic E-state index is 13.2. The van der Waals surface area contributed by atoms with Crippen LogP contribution in [0.1, 0.15) is 16.8 Å². The van der Waals surface area contributed by atoms with E-state index in [2.05, 4.69) is 4.72 Å². The molecule has 0 aromatic heterocycles. The first-order valence-corrected chi connectivity index (χ1v) is 11.6. The molecule has 168 valence electrons. The number of hydrogen-bond acceptors (Lipinski definition) is 5. The van der Waals surface area contributed by atoms with Crippen LogP contribution < -0.4 is 19.1 Å². The number of nitrogens with one attached hydrogen (secondary N) is 1. The lowest BCUT2D eigenvalue weighted by Crippen LogP contribution is -2.34. The number of carbonyl (C=O) groups excluding carboxylic acids is 1. The number of amides is 1. The number of anilines is 1. The van der Waals surface area contributed by atoms with Gasteiger partial charge in [0.05, 0.1) is 19.1 Å². The number of rotatable bonds is 10. The number of nitrogens with zero attached hydrogens (tertiary/aromatic N) is 1. The van der Waals surface area contributed by atoms with E-state index in [1.165, 1.54) is 19.2 Å². The van der Waals surface area contributed by atoms with Crippen molar-refractivity contribution >= 4 is 21.6 Å². The molecule has 1 amide bonds. The minimum atomic E-state index is -3.65. The van der Waals surface area contributed by atoms with Gasteiger partial charge in [0.1, 0.15) is 11.5 Å². The Labute approximate surface area is 188 Å². The van der Waals surface area contributed by atoms with Gasteiger partial charge in [0.15, 0.2) is 0 Å². The van der Waals surface area contributed by atoms with Crippen molar-refractivity contribution in [2.75, 3.05) is 32.2 Å². The van der Waals surface area contributed by atoms with E-state index in [-0.39, 0.29) is 17.3 Å². The monoisotopic (exact) mass is 454 g/mol. The minimum absolute atomic E-state index is 0.160. The summed E-state index contributed by atoms with van der Waals surface area (Å²) in [6.45, 7) is 0.535. The van der Waals surface area contributed by atoms with Crippen LogP contribution >= 0.6 is 0 Å². The number of hydrogen-bond donors (Lipinski definition) is 1. The Morgan fingerprint density at radius 3 is 1.97 bits per heavy atom. The van der Waals surface area contributed by atoms with Gasteiger partial charge in [-0.05, 0) is 67.1 Å². The fourth-order valence-electron chi connectivity index (χ4n) is 3.13. The van der Waals surface area contributed by atoms with Crippen molar-refractivity contribution in [1.29, 1.82) is 0 Å². The van der Waals surface area contributed by atoms with E-state index >= 15 is 0 Å². The van der Waals surface area contributed by atoms with Crippen LogP contribution in [-0.2, 0) is 10.0 Å². The molecule has 0 saturated carbocycles. The van der Waals surface area contributed by atoms with Crippen molar-refractivity contribution in [3.63, 3.8) is 0 Å². The van der Waals surface area contributed by atoms with Gasteiger partial charge in [-0.1, -0.05) is 18.2 Å². The van der Waals surface area contributed by atoms with Gasteiger partial charge in [-0.25, -0.2) is 13.1 Å². The van der Waals surface area contributed by atoms with Crippen LogP contribution in [0, 0.1) is 0 Å². The van der Waals surface area contributed by atoms with Crippen molar-refractivity contribution in [3.05, 3.63) is 84.4 Å². The zero-order chi connectivity index (χ0) is 23.0. The number of para-hydroxylation sites is 1. The second kappa shape index (κ2) is 10.8. The average Bonchev–Trinajstić information content (AvgIpc) is 2.84. The molecule has 32 heavy (non-hydrogen) atoms. The summed E-state index contributed by atoms with van der Waals surface area (Å²) in [5.41, 5.74) is 1.26. The summed E-state index contributed by atoms with van der Waals surface area (Å²) in [5, 5.41) is 0. The second-order valence-electron chi connectivity index (χ2n) is 6.95. The van der Waals surface area contributed by atoms with E-state index in [9.17, 15) is 13.2 Å². The topological polar surface area (TPSA) is 84.9 Å². The molecule has 8 heteroatoms. The number of carbonyl (C=O) groups is 1. The molecule has 0 radical (unpaired) electrons. The summed E-state index contributed by atoms with van der Waals surface area (Å²) in [5.74, 6) is 1.08. The third-order valence-electron chi connectivity index (χ3n) is 4.87. The van der Waals surface area contributed by atoms with Crippen LogP contribution in [0.5, 0.6) is 11.5 Å². The molecule has 0 aliphatic heterocycles. The van der Waals surface area contributed by atoms with E-state index in [4.69, 9.17) is 9.47 Å². The highest BCUT2D eigenvalue weighted by Gasteiger charge is 2.19. The Morgan fingerprint density at radius 1 is 0.844 bits per heavy atom. The molecule has 3 rings (SSSR count). The van der Waals surface area contributed by atoms with Gasteiger partial charge in [0.2, 0.25) is 10.0 Å². The van der Waals surface area contributed by atoms with Crippen molar-refractivity contribution < 1.29 is 22.7 Å². The maximum Gasteiger partial charge on any atom is 0.258 e. The van der Waals surface area contributed by atoms with Crippen molar-refractivity contribution in [2.24, 2.45) is 0 Å². The van der Waals surface area contributed by atoms with Crippen molar-refractivity contribution in [2.45, 2.75) is 11.3 Å². The smallest absolute Gasteiger partial charge is 0.258 e. The first kappa shape index (κ1) is 23.3. The highest BCUT2D eigenvalue weighted by Crippen LogP contribution is 2.20. The van der Waals surface area contributed by atoms with Gasteiger partial charge in [0, 0.05) is 24.3 Å². The summed E-state index contributed by atoms with van der Waals surface area (Å²) in [7, 11) is -0.560. The predicted octanol–water partition coefficient (Wildman–Crippen LogP) is 3.72. The third kappa shape index (κ3) is 5.87. The zero-order valence-electron chi connectivity index (χ0n) is 18.0. The Morgan fingerprint density at radius 2 is 1.41 bits per heavy atom. The fourth-order valence-corrected chi connectivity index (χ4v) is 4.20. The van der Waals surface area contributed by atoms with Crippen molar-refractivity contribution in [1.82, 2.24) is 4.72 Å². The maximum atomic E-state index is 13.2. The second-order valence-corrected chi connectivity index (χ2v) is 8.71. The lowest BCUT2D eigenvalue weighted by Gasteiger charge is -2.23. The van der Waals surface area contributed by atoms with Crippen LogP contribution in [0.3, 0.4) is 0 Å². The van der Waals surface area contributed by atoms with Crippen LogP contribution in [0.25, 0.3) is 0 Å². The van der Waals surface area contributed by atoms with Crippen LogP contribution in [0.15, 0.2) is 83.8 Å². The number of sulfonamides is 1. The van der Waals surface area contributed by atoms with E-state index < -0.39 is 10.0 Å². The summed E-state index contributed by atoms with van der Waals surface area (Å²) < 4.78 is 37.8. The highest BCUT2D eigenvalue weighted by molar-refractivity contribution is 7.89. The average molecular weight is 455 g/mol. The van der Waals surface area contributed by atoms with Gasteiger partial charge >= 0.3 is 0 Å². The largest absolute Gasteiger partial charge is 0.497 e. The Bertz CT molecular complexity index is 1120. The molecule has 3 aromatic rings. The van der Waals surface area contributed by atoms with Crippen LogP contribution in [-0.4, -0.2) is 41.6 Å². The van der Waals surface area contributed by atoms with Crippen molar-refractivity contribution in [3.8, 4) is 11.5 Å². The number of benzene rings is 3. The molecule has 0 spiro atoms. The molecule has 0 fully saturated rings. The summed E-state index contributed by atoms with van der Waals surface area (Å²) in [6.07, 6.45) is 0.437. The van der Waals surface area contributed by atoms with Gasteiger partial charge < -0.3 is 14.4 Å². The lowest BCUT2D eigenvalue weighted by molar-refractivity contribution is 0.0986. The number of methoxy groups -OCH3 is 2. The molecule has 0 saturated heterocycles. The van der Waals surface area contributed by atoms with Gasteiger partial charge in [-0.3, -0.25) is 4.79 Å². The molecule has 7 nitrogen and oxygen atoms in total. The number of ether oxygens (including phenoxy) is 2. The Balaban J connectivity index is 1.67. The summed E-state index contributed by atoms with van der Waals surface area (Å²) in [4.78, 5) is 15.0. The first-order chi connectivity index (χ1) is 15.4. The molecular formula is C24H26N2O5S. The fraction of sp³-hybridized carbons (Fsp3) is 0.208. The molecule has 0 aliphatic carbocycles. The van der Waals surface area contributed by atoms with Crippen LogP contribution in [0.2, 0.25) is 0 Å². The molecule has 3 aromatic carbocycles. The standard InChI is InChI=1S/C24H26N2O5S/c1-30-21-11-9-19(10-12-21)24(27)26(20-7-4-3-5-8-20)18-6-17-25-32(28,29)23-15-13-22(31-2)14-16-23/h3-5,7-16,25H,6,17-18H2,1-2H3. The lowest BCUT2D eigenvalue weighted by atomic mass is 10.1. The normalized spacial score (nSPS) is 11.1. The van der Waals surface area contributed by atoms with E-state index in [1.54, 1.807) is 48.4 Å². The SMILES string of the molecule is COc1ccc(C(=O)N(CCCNS(=O)(=O)c2ccc(OC)cc2)c2ccccc2)cc1. The van der Waals surface area contributed by atoms with Gasteiger partial charge in [-0.15, -0.1) is 0 Å². The summed E-state index contributed by atoms with van der Waals surface area (Å²) in [6, 6.07) is 22.4. The molecule has 0 atom stereocenters. The molecular weight excluding hydrogens is 428 g/mol. The molecule has 1 N–H and O–H groups in total. The predicted molar refractivity (Wildman–Crippen MR) is 124 cm³/mol. The van der Waals surface area contributed by atoms with Gasteiger partial charge in [-0.2, -0.15) is 0 Å². The van der Waals surface area contributed by atoms with Crippen LogP contribution in [0.4, 0.5) is 5.69 Å². The quantitative estimate of drug-likeness (QED) is 0.472. The molecule has 0 bridgehead atoms. The first-order valence-electron chi connectivity index (χ1n) is 10.1.